The van der Waals surface area contributed by atoms with Crippen LogP contribution in [0.2, 0.25) is 0 Å². The summed E-state index contributed by atoms with van der Waals surface area (Å²) in [5, 5.41) is -1.07. The molecule has 1 amide bonds. The third-order valence-corrected chi connectivity index (χ3v) is 6.85. The first-order valence-electron chi connectivity index (χ1n) is 8.52. The van der Waals surface area contributed by atoms with Gasteiger partial charge in [0.1, 0.15) is 5.82 Å². The number of sulfone groups is 1. The molecule has 1 atom stereocenters. The SMILES string of the molecule is O=C(c1ccc(C(F)(F)F)cc1)N1CCC(c2ccccc2F)S(=O)(=O)CC1. The summed E-state index contributed by atoms with van der Waals surface area (Å²) in [5.74, 6) is -1.53. The van der Waals surface area contributed by atoms with E-state index in [1.165, 1.54) is 23.1 Å². The third kappa shape index (κ3) is 4.19. The van der Waals surface area contributed by atoms with Gasteiger partial charge in [0.15, 0.2) is 9.84 Å². The standard InChI is InChI=1S/C19H17F4NO3S/c20-16-4-2-1-3-15(16)17-9-10-24(11-12-28(17,26)27)18(25)13-5-7-14(8-6-13)19(21,22)23/h1-8,17H,9-12H2. The maximum absolute atomic E-state index is 14.1. The van der Waals surface area contributed by atoms with Gasteiger partial charge in [-0.3, -0.25) is 4.79 Å². The van der Waals surface area contributed by atoms with Crippen molar-refractivity contribution in [1.29, 1.82) is 0 Å². The fourth-order valence-corrected chi connectivity index (χ4v) is 5.02. The molecule has 1 fully saturated rings. The van der Waals surface area contributed by atoms with Crippen molar-refractivity contribution in [3.8, 4) is 0 Å². The van der Waals surface area contributed by atoms with Crippen molar-refractivity contribution < 1.29 is 30.8 Å². The monoisotopic (exact) mass is 415 g/mol. The number of benzene rings is 2. The first kappa shape index (κ1) is 20.3. The molecule has 4 nitrogen and oxygen atoms in total. The number of hydrogen-bond acceptors (Lipinski definition) is 3. The Morgan fingerprint density at radius 3 is 2.25 bits per heavy atom. The highest BCUT2D eigenvalue weighted by Crippen LogP contribution is 2.32. The highest BCUT2D eigenvalue weighted by atomic mass is 32.2. The van der Waals surface area contributed by atoms with Crippen LogP contribution in [0, 0.1) is 5.82 Å². The fourth-order valence-electron chi connectivity index (χ4n) is 3.22. The Hall–Kier alpha value is -2.42. The van der Waals surface area contributed by atoms with Crippen molar-refractivity contribution in [2.24, 2.45) is 0 Å². The molecule has 9 heteroatoms. The number of carbonyl (C=O) groups excluding carboxylic acids is 1. The van der Waals surface area contributed by atoms with Gasteiger partial charge < -0.3 is 4.90 Å². The molecule has 1 aliphatic heterocycles. The Balaban J connectivity index is 1.81. The van der Waals surface area contributed by atoms with Crippen LogP contribution in [0.5, 0.6) is 0 Å². The molecule has 0 spiro atoms. The molecule has 1 heterocycles. The summed E-state index contributed by atoms with van der Waals surface area (Å²) >= 11 is 0. The molecule has 1 aliphatic rings. The van der Waals surface area contributed by atoms with E-state index in [0.29, 0.717) is 0 Å². The summed E-state index contributed by atoms with van der Waals surface area (Å²) < 4.78 is 77.2. The smallest absolute Gasteiger partial charge is 0.338 e. The Morgan fingerprint density at radius 2 is 1.64 bits per heavy atom. The second kappa shape index (κ2) is 7.54. The van der Waals surface area contributed by atoms with Crippen molar-refractivity contribution in [2.45, 2.75) is 17.8 Å². The van der Waals surface area contributed by atoms with Crippen LogP contribution in [0.4, 0.5) is 17.6 Å². The van der Waals surface area contributed by atoms with Crippen molar-refractivity contribution in [3.05, 3.63) is 71.0 Å². The number of carbonyl (C=O) groups is 1. The number of amides is 1. The van der Waals surface area contributed by atoms with Gasteiger partial charge >= 0.3 is 6.18 Å². The second-order valence-electron chi connectivity index (χ2n) is 6.53. The summed E-state index contributed by atoms with van der Waals surface area (Å²) in [6.07, 6.45) is -4.50. The first-order chi connectivity index (χ1) is 13.1. The highest BCUT2D eigenvalue weighted by molar-refractivity contribution is 7.91. The minimum absolute atomic E-state index is 0.00956. The van der Waals surface area contributed by atoms with Gasteiger partial charge in [0.25, 0.3) is 5.91 Å². The fraction of sp³-hybridized carbons (Fsp3) is 0.316. The summed E-state index contributed by atoms with van der Waals surface area (Å²) in [5.41, 5.74) is -0.775. The van der Waals surface area contributed by atoms with Crippen LogP contribution < -0.4 is 0 Å². The third-order valence-electron chi connectivity index (χ3n) is 4.74. The molecule has 150 valence electrons. The van der Waals surface area contributed by atoms with Gasteiger partial charge in [0.05, 0.1) is 16.6 Å². The zero-order valence-electron chi connectivity index (χ0n) is 14.6. The lowest BCUT2D eigenvalue weighted by atomic mass is 10.1. The van der Waals surface area contributed by atoms with E-state index in [-0.39, 0.29) is 36.4 Å². The molecule has 1 unspecified atom stereocenters. The molecule has 2 aromatic carbocycles. The van der Waals surface area contributed by atoms with Gasteiger partial charge in [-0.1, -0.05) is 18.2 Å². The molecule has 3 rings (SSSR count). The summed E-state index contributed by atoms with van der Waals surface area (Å²) in [7, 11) is -3.69. The normalized spacial score (nSPS) is 19.9. The Labute approximate surface area is 159 Å². The van der Waals surface area contributed by atoms with E-state index in [1.54, 1.807) is 6.07 Å². The molecule has 0 aromatic heterocycles. The minimum atomic E-state index is -4.51. The molecule has 0 N–H and O–H groups in total. The summed E-state index contributed by atoms with van der Waals surface area (Å²) in [4.78, 5) is 13.9. The van der Waals surface area contributed by atoms with Crippen LogP contribution in [-0.4, -0.2) is 38.1 Å². The van der Waals surface area contributed by atoms with Crippen LogP contribution in [0.25, 0.3) is 0 Å². The lowest BCUT2D eigenvalue weighted by Gasteiger charge is -2.20. The summed E-state index contributed by atoms with van der Waals surface area (Å²) in [6, 6.07) is 9.35. The predicted octanol–water partition coefficient (Wildman–Crippen LogP) is 3.85. The molecule has 0 aliphatic carbocycles. The number of halogens is 4. The average Bonchev–Trinajstić information content (AvgIpc) is 2.79. The number of hydrogen-bond donors (Lipinski definition) is 0. The van der Waals surface area contributed by atoms with Crippen molar-refractivity contribution >= 4 is 15.7 Å². The van der Waals surface area contributed by atoms with E-state index in [4.69, 9.17) is 0 Å². The lowest BCUT2D eigenvalue weighted by molar-refractivity contribution is -0.137. The van der Waals surface area contributed by atoms with Gasteiger partial charge in [-0.05, 0) is 36.8 Å². The van der Waals surface area contributed by atoms with Gasteiger partial charge in [-0.25, -0.2) is 12.8 Å². The molecule has 0 bridgehead atoms. The van der Waals surface area contributed by atoms with Crippen molar-refractivity contribution in [3.63, 3.8) is 0 Å². The van der Waals surface area contributed by atoms with Crippen LogP contribution >= 0.6 is 0 Å². The zero-order chi connectivity index (χ0) is 20.5. The second-order valence-corrected chi connectivity index (χ2v) is 8.84. The van der Waals surface area contributed by atoms with Crippen LogP contribution in [0.3, 0.4) is 0 Å². The predicted molar refractivity (Wildman–Crippen MR) is 94.9 cm³/mol. The quantitative estimate of drug-likeness (QED) is 0.701. The first-order valence-corrected chi connectivity index (χ1v) is 10.2. The Morgan fingerprint density at radius 1 is 1.00 bits per heavy atom. The Bertz CT molecular complexity index is 971. The van der Waals surface area contributed by atoms with E-state index in [1.807, 2.05) is 0 Å². The lowest BCUT2D eigenvalue weighted by Crippen LogP contribution is -2.33. The molecular formula is C19H17F4NO3S. The van der Waals surface area contributed by atoms with Crippen LogP contribution in [0.15, 0.2) is 48.5 Å². The maximum Gasteiger partial charge on any atom is 0.416 e. The van der Waals surface area contributed by atoms with Gasteiger partial charge in [-0.2, -0.15) is 13.2 Å². The van der Waals surface area contributed by atoms with Gasteiger partial charge in [0.2, 0.25) is 0 Å². The maximum atomic E-state index is 14.1. The van der Waals surface area contributed by atoms with Gasteiger partial charge in [-0.15, -0.1) is 0 Å². The average molecular weight is 415 g/mol. The van der Waals surface area contributed by atoms with Gasteiger partial charge in [0, 0.05) is 24.2 Å². The van der Waals surface area contributed by atoms with E-state index < -0.39 is 38.6 Å². The topological polar surface area (TPSA) is 54.5 Å². The molecule has 1 saturated heterocycles. The number of nitrogens with zero attached hydrogens (tertiary/aromatic N) is 1. The molecule has 2 aromatic rings. The largest absolute Gasteiger partial charge is 0.416 e. The molecule has 0 saturated carbocycles. The highest BCUT2D eigenvalue weighted by Gasteiger charge is 2.35. The Kier molecular flexibility index (Phi) is 5.47. The van der Waals surface area contributed by atoms with Crippen LogP contribution in [0.1, 0.15) is 33.2 Å². The van der Waals surface area contributed by atoms with E-state index >= 15 is 0 Å². The van der Waals surface area contributed by atoms with E-state index in [9.17, 15) is 30.8 Å². The number of alkyl halides is 3. The molecular weight excluding hydrogens is 398 g/mol. The van der Waals surface area contributed by atoms with E-state index in [0.717, 1.165) is 24.3 Å². The van der Waals surface area contributed by atoms with Crippen molar-refractivity contribution in [2.75, 3.05) is 18.8 Å². The zero-order valence-corrected chi connectivity index (χ0v) is 15.4. The van der Waals surface area contributed by atoms with Crippen LogP contribution in [-0.2, 0) is 16.0 Å². The molecule has 0 radical (unpaired) electrons. The molecule has 28 heavy (non-hydrogen) atoms. The summed E-state index contributed by atoms with van der Waals surface area (Å²) in [6.45, 7) is -0.0504. The number of rotatable bonds is 2. The minimum Gasteiger partial charge on any atom is -0.338 e. The van der Waals surface area contributed by atoms with Crippen molar-refractivity contribution in [1.82, 2.24) is 4.90 Å². The van der Waals surface area contributed by atoms with E-state index in [2.05, 4.69) is 0 Å².